The number of nitrogens with zero attached hydrogens (tertiary/aromatic N) is 2. The average molecular weight is 707 g/mol. The molecule has 1 heterocycles. The van der Waals surface area contributed by atoms with E-state index in [1.165, 1.54) is 12.1 Å². The molecule has 6 aromatic rings. The molecule has 8 rings (SSSR count). The van der Waals surface area contributed by atoms with Crippen molar-refractivity contribution in [1.29, 1.82) is 0 Å². The Morgan fingerprint density at radius 3 is 1.21 bits per heavy atom. The molecule has 0 radical (unpaired) electrons. The zero-order chi connectivity index (χ0) is 36.1. The molecule has 0 N–H and O–H groups in total. The lowest BCUT2D eigenvalue weighted by molar-refractivity contribution is -0.138. The van der Waals surface area contributed by atoms with Crippen LogP contribution in [-0.2, 0) is 22.5 Å². The maximum Gasteiger partial charge on any atom is 0.416 e. The molecule has 0 bridgehead atoms. The number of benzene rings is 6. The van der Waals surface area contributed by atoms with Crippen molar-refractivity contribution in [2.75, 3.05) is 23.0 Å². The molecule has 52 heavy (non-hydrogen) atoms. The second-order valence-electron chi connectivity index (χ2n) is 13.1. The molecule has 1 aliphatic heterocycles. The number of rotatable bonds is 6. The number of alkyl halides is 6. The quantitative estimate of drug-likeness (QED) is 0.160. The first-order valence-corrected chi connectivity index (χ1v) is 17.0. The summed E-state index contributed by atoms with van der Waals surface area (Å²) in [5.41, 5.74) is 5.70. The van der Waals surface area contributed by atoms with Crippen molar-refractivity contribution in [2.24, 2.45) is 0 Å². The van der Waals surface area contributed by atoms with Crippen LogP contribution in [0.3, 0.4) is 0 Å². The number of anilines is 6. The summed E-state index contributed by atoms with van der Waals surface area (Å²) in [5.74, 6) is 0. The largest absolute Gasteiger partial charge is 0.416 e. The third-order valence-corrected chi connectivity index (χ3v) is 10.1. The first-order valence-electron chi connectivity index (χ1n) is 17.0. The minimum absolute atomic E-state index is 0.374. The normalized spacial score (nSPS) is 14.9. The van der Waals surface area contributed by atoms with Crippen molar-refractivity contribution in [2.45, 2.75) is 30.6 Å². The highest BCUT2D eigenvalue weighted by atomic mass is 19.4. The van der Waals surface area contributed by atoms with Crippen molar-refractivity contribution in [3.63, 3.8) is 0 Å². The summed E-state index contributed by atoms with van der Waals surface area (Å²) in [6.45, 7) is 0.999. The van der Waals surface area contributed by atoms with Gasteiger partial charge in [0.1, 0.15) is 0 Å². The number of fused-ring (bicyclic) bond motifs is 5. The minimum atomic E-state index is -4.51. The van der Waals surface area contributed by atoms with Crippen molar-refractivity contribution < 1.29 is 31.1 Å². The van der Waals surface area contributed by atoms with E-state index < -0.39 is 28.9 Å². The highest BCUT2D eigenvalue weighted by Gasteiger charge is 2.45. The van der Waals surface area contributed by atoms with Gasteiger partial charge in [0.15, 0.2) is 0 Å². The lowest BCUT2D eigenvalue weighted by Crippen LogP contribution is -2.33. The topological polar surface area (TPSA) is 15.7 Å². The van der Waals surface area contributed by atoms with Crippen LogP contribution >= 0.6 is 0 Å². The molecule has 0 unspecified atom stereocenters. The van der Waals surface area contributed by atoms with Gasteiger partial charge >= 0.3 is 12.4 Å². The van der Waals surface area contributed by atoms with E-state index in [9.17, 15) is 26.3 Å². The fourth-order valence-corrected chi connectivity index (χ4v) is 7.70. The maximum absolute atomic E-state index is 13.9. The van der Waals surface area contributed by atoms with Gasteiger partial charge in [0.2, 0.25) is 0 Å². The molecule has 1 spiro atoms. The van der Waals surface area contributed by atoms with Gasteiger partial charge in [0, 0.05) is 52.8 Å². The van der Waals surface area contributed by atoms with E-state index in [1.54, 1.807) is 12.1 Å². The lowest BCUT2D eigenvalue weighted by atomic mass is 9.72. The molecule has 9 heteroatoms. The molecular formula is C43H32F6N2O. The van der Waals surface area contributed by atoms with Gasteiger partial charge in [0.25, 0.3) is 0 Å². The van der Waals surface area contributed by atoms with Crippen molar-refractivity contribution >= 4 is 34.1 Å². The van der Waals surface area contributed by atoms with Gasteiger partial charge in [-0.05, 0) is 120 Å². The Balaban J connectivity index is 1.28. The summed E-state index contributed by atoms with van der Waals surface area (Å²) >= 11 is 0. The summed E-state index contributed by atoms with van der Waals surface area (Å²) in [7, 11) is 0. The molecule has 0 amide bonds. The van der Waals surface area contributed by atoms with Gasteiger partial charge in [-0.2, -0.15) is 26.3 Å². The predicted octanol–water partition coefficient (Wildman–Crippen LogP) is 12.7. The highest BCUT2D eigenvalue weighted by molar-refractivity contribution is 5.88. The van der Waals surface area contributed by atoms with Crippen LogP contribution in [0.15, 0.2) is 146 Å². The molecule has 262 valence electrons. The Kier molecular flexibility index (Phi) is 8.33. The van der Waals surface area contributed by atoms with E-state index in [0.717, 1.165) is 46.5 Å². The van der Waals surface area contributed by atoms with Crippen LogP contribution in [0.1, 0.15) is 35.1 Å². The number of para-hydroxylation sites is 2. The third kappa shape index (κ3) is 5.98. The molecule has 1 saturated heterocycles. The van der Waals surface area contributed by atoms with E-state index in [2.05, 4.69) is 12.1 Å². The van der Waals surface area contributed by atoms with Crippen LogP contribution in [0.5, 0.6) is 0 Å². The van der Waals surface area contributed by atoms with Gasteiger partial charge in [-0.1, -0.05) is 60.7 Å². The first-order chi connectivity index (χ1) is 25.0. The fraction of sp³-hybridized carbons (Fsp3) is 0.163. The van der Waals surface area contributed by atoms with Crippen molar-refractivity contribution in [3.05, 3.63) is 168 Å². The van der Waals surface area contributed by atoms with Crippen LogP contribution in [0.25, 0.3) is 11.1 Å². The molecule has 6 aromatic carbocycles. The molecule has 0 atom stereocenters. The minimum Gasteiger partial charge on any atom is -0.381 e. The van der Waals surface area contributed by atoms with Crippen LogP contribution in [0.2, 0.25) is 0 Å². The van der Waals surface area contributed by atoms with Gasteiger partial charge < -0.3 is 14.5 Å². The SMILES string of the molecule is FC(F)(F)c1cccc(N(c2ccccc2)c2ccc3c(c2)C2(CCOCC2)c2cc(N(c4ccccc4)c4cccc(C(F)(F)F)c4)ccc2-3)c1. The average Bonchev–Trinajstić information content (AvgIpc) is 3.40. The van der Waals surface area contributed by atoms with Gasteiger partial charge in [-0.25, -0.2) is 0 Å². The second-order valence-corrected chi connectivity index (χ2v) is 13.1. The molecule has 3 nitrogen and oxygen atoms in total. The molecular weight excluding hydrogens is 674 g/mol. The summed E-state index contributed by atoms with van der Waals surface area (Å²) in [4.78, 5) is 3.67. The third-order valence-electron chi connectivity index (χ3n) is 10.1. The fourth-order valence-electron chi connectivity index (χ4n) is 7.70. The van der Waals surface area contributed by atoms with Gasteiger partial charge in [0.05, 0.1) is 11.1 Å². The Morgan fingerprint density at radius 2 is 0.808 bits per heavy atom. The van der Waals surface area contributed by atoms with E-state index >= 15 is 0 Å². The molecule has 0 saturated carbocycles. The molecule has 2 aliphatic rings. The van der Waals surface area contributed by atoms with Crippen LogP contribution in [-0.4, -0.2) is 13.2 Å². The van der Waals surface area contributed by atoms with E-state index in [4.69, 9.17) is 4.74 Å². The van der Waals surface area contributed by atoms with E-state index in [1.807, 2.05) is 94.7 Å². The Morgan fingerprint density at radius 1 is 0.423 bits per heavy atom. The zero-order valence-corrected chi connectivity index (χ0v) is 27.8. The summed E-state index contributed by atoms with van der Waals surface area (Å²) < 4.78 is 89.3. The monoisotopic (exact) mass is 706 g/mol. The van der Waals surface area contributed by atoms with Crippen LogP contribution in [0, 0.1) is 0 Å². The van der Waals surface area contributed by atoms with Crippen LogP contribution < -0.4 is 9.80 Å². The summed E-state index contributed by atoms with van der Waals surface area (Å²) in [6, 6.07) is 41.3. The molecule has 0 aromatic heterocycles. The van der Waals surface area contributed by atoms with Gasteiger partial charge in [-0.3, -0.25) is 0 Å². The summed E-state index contributed by atoms with van der Waals surface area (Å²) in [5, 5.41) is 0. The van der Waals surface area contributed by atoms with Gasteiger partial charge in [-0.15, -0.1) is 0 Å². The first kappa shape index (κ1) is 33.6. The Labute approximate surface area is 297 Å². The number of halogens is 6. The Hall–Kier alpha value is -5.54. The number of hydrogen-bond donors (Lipinski definition) is 0. The lowest BCUT2D eigenvalue weighted by Gasteiger charge is -2.37. The van der Waals surface area contributed by atoms with Crippen molar-refractivity contribution in [3.8, 4) is 11.1 Å². The van der Waals surface area contributed by atoms with Crippen molar-refractivity contribution in [1.82, 2.24) is 0 Å². The predicted molar refractivity (Wildman–Crippen MR) is 192 cm³/mol. The Bertz CT molecular complexity index is 2080. The van der Waals surface area contributed by atoms with Crippen LogP contribution in [0.4, 0.5) is 60.5 Å². The molecule has 1 fully saturated rings. The smallest absolute Gasteiger partial charge is 0.381 e. The zero-order valence-electron chi connectivity index (χ0n) is 27.8. The number of ether oxygens (including phenoxy) is 1. The maximum atomic E-state index is 13.9. The standard InChI is InChI=1S/C43H32F6N2O/c44-42(45,46)29-9-7-15-33(25-29)50(31-11-3-1-4-12-31)35-17-19-37-38-20-18-36(28-40(38)41(39(37)27-35)21-23-52-24-22-41)51(32-13-5-2-6-14-32)34-16-8-10-30(26-34)43(47,48)49/h1-20,25-28H,21-24H2. The second kappa shape index (κ2) is 12.9. The van der Waals surface area contributed by atoms with E-state index in [-0.39, 0.29) is 0 Å². The number of hydrogen-bond acceptors (Lipinski definition) is 3. The summed E-state index contributed by atoms with van der Waals surface area (Å²) in [6.07, 6.45) is -7.71. The highest BCUT2D eigenvalue weighted by Crippen LogP contribution is 2.56. The molecule has 1 aliphatic carbocycles. The van der Waals surface area contributed by atoms with E-state index in [0.29, 0.717) is 60.2 Å².